The average molecular weight is 670 g/mol. The summed E-state index contributed by atoms with van der Waals surface area (Å²) < 4.78 is 15.8. The third kappa shape index (κ3) is 7.63. The molecule has 0 aromatic carbocycles. The minimum atomic E-state index is -1.02. The molecule has 0 bridgehead atoms. The predicted molar refractivity (Wildman–Crippen MR) is 159 cm³/mol. The van der Waals surface area contributed by atoms with Crippen molar-refractivity contribution in [1.29, 1.82) is 0 Å². The number of ether oxygens (including phenoxy) is 2. The van der Waals surface area contributed by atoms with Crippen LogP contribution in [0.4, 0.5) is 5.13 Å². The first-order chi connectivity index (χ1) is 20.9. The minimum Gasteiger partial charge on any atom is -0.427 e. The van der Waals surface area contributed by atoms with E-state index in [0.717, 1.165) is 11.5 Å². The number of thioether (sulfide) groups is 2. The highest BCUT2D eigenvalue weighted by Gasteiger charge is 2.55. The minimum absolute atomic E-state index is 0.00775. The molecule has 0 radical (unpaired) electrons. The Morgan fingerprint density at radius 3 is 2.66 bits per heavy atom. The quantitative estimate of drug-likeness (QED) is 0.0451. The number of β-lactam (4-membered cyclic amide) rings is 1. The maximum absolute atomic E-state index is 13.4. The first-order valence-electron chi connectivity index (χ1n) is 13.1. The van der Waals surface area contributed by atoms with E-state index >= 15 is 0 Å². The molecule has 1 unspecified atom stereocenters. The summed E-state index contributed by atoms with van der Waals surface area (Å²) in [7, 11) is 1.67. The Hall–Kier alpha value is -3.82. The van der Waals surface area contributed by atoms with Crippen LogP contribution in [0.2, 0.25) is 0 Å². The number of nitrogens with two attached hydrogens (primary N) is 2. The third-order valence-electron chi connectivity index (χ3n) is 5.94. The summed E-state index contributed by atoms with van der Waals surface area (Å²) in [5.41, 5.74) is 10.6. The van der Waals surface area contributed by atoms with Crippen LogP contribution in [0.25, 0.3) is 0 Å². The van der Waals surface area contributed by atoms with Gasteiger partial charge in [-0.25, -0.2) is 9.48 Å². The number of nitrogen functional groups attached to an aromatic ring is 1. The fraction of sp³-hybridized carbons (Fsp3) is 0.565. The molecule has 2 atom stereocenters. The summed E-state index contributed by atoms with van der Waals surface area (Å²) >= 11 is 3.47. The van der Waals surface area contributed by atoms with E-state index in [2.05, 4.69) is 35.4 Å². The number of hydrogen-bond acceptors (Lipinski definition) is 18. The lowest BCUT2D eigenvalue weighted by molar-refractivity contribution is -0.173. The van der Waals surface area contributed by atoms with E-state index in [1.165, 1.54) is 33.1 Å². The molecule has 2 amide bonds. The summed E-state index contributed by atoms with van der Waals surface area (Å²) in [6.45, 7) is 4.85. The van der Waals surface area contributed by atoms with E-state index in [1.54, 1.807) is 27.8 Å². The van der Waals surface area contributed by atoms with Gasteiger partial charge in [-0.2, -0.15) is 9.36 Å². The lowest BCUT2D eigenvalue weighted by atomic mass is 9.98. The Kier molecular flexibility index (Phi) is 10.8. The smallest absolute Gasteiger partial charge is 0.357 e. The molecule has 44 heavy (non-hydrogen) atoms. The summed E-state index contributed by atoms with van der Waals surface area (Å²) in [5.74, 6) is -2.25. The Morgan fingerprint density at radius 2 is 2.02 bits per heavy atom. The third-order valence-corrected chi connectivity index (χ3v) is 8.92. The van der Waals surface area contributed by atoms with Crippen LogP contribution in [-0.2, 0) is 40.5 Å². The van der Waals surface area contributed by atoms with Crippen molar-refractivity contribution in [3.8, 4) is 0 Å². The molecule has 4 heterocycles. The van der Waals surface area contributed by atoms with E-state index in [1.807, 2.05) is 0 Å². The second-order valence-electron chi connectivity index (χ2n) is 10.3. The molecule has 1 fully saturated rings. The number of hydrogen-bond donors (Lipinski definition) is 3. The lowest BCUT2D eigenvalue weighted by Gasteiger charge is -2.49. The highest BCUT2D eigenvalue weighted by Crippen LogP contribution is 2.42. The largest absolute Gasteiger partial charge is 0.427 e. The monoisotopic (exact) mass is 669 g/mol. The number of rotatable bonds is 13. The zero-order valence-electron chi connectivity index (χ0n) is 24.2. The van der Waals surface area contributed by atoms with Crippen molar-refractivity contribution in [2.75, 3.05) is 37.2 Å². The normalized spacial score (nSPS) is 18.4. The van der Waals surface area contributed by atoms with Gasteiger partial charge in [0.25, 0.3) is 11.8 Å². The van der Waals surface area contributed by atoms with Crippen molar-refractivity contribution in [2.45, 2.75) is 43.8 Å². The molecule has 2 aliphatic heterocycles. The van der Waals surface area contributed by atoms with Gasteiger partial charge in [-0.3, -0.25) is 19.3 Å². The number of tetrazole rings is 1. The van der Waals surface area contributed by atoms with Crippen LogP contribution in [-0.4, -0.2) is 107 Å². The van der Waals surface area contributed by atoms with Gasteiger partial charge in [0.15, 0.2) is 5.13 Å². The van der Waals surface area contributed by atoms with Crippen molar-refractivity contribution >= 4 is 69.7 Å². The number of aromatic nitrogens is 6. The van der Waals surface area contributed by atoms with Crippen LogP contribution in [0.15, 0.2) is 21.6 Å². The van der Waals surface area contributed by atoms with Gasteiger partial charge in [-0.15, -0.1) is 16.9 Å². The fourth-order valence-corrected chi connectivity index (χ4v) is 6.45. The highest BCUT2D eigenvalue weighted by atomic mass is 32.2. The molecule has 0 spiro atoms. The Morgan fingerprint density at radius 1 is 1.25 bits per heavy atom. The van der Waals surface area contributed by atoms with Gasteiger partial charge >= 0.3 is 11.9 Å². The van der Waals surface area contributed by atoms with Gasteiger partial charge in [0.1, 0.15) is 23.7 Å². The van der Waals surface area contributed by atoms with E-state index in [-0.39, 0.29) is 34.7 Å². The van der Waals surface area contributed by atoms with Crippen molar-refractivity contribution < 1.29 is 33.5 Å². The van der Waals surface area contributed by atoms with Crippen LogP contribution in [0, 0.1) is 5.41 Å². The maximum Gasteiger partial charge on any atom is 0.357 e. The highest BCUT2D eigenvalue weighted by molar-refractivity contribution is 8.01. The van der Waals surface area contributed by atoms with Gasteiger partial charge in [0.2, 0.25) is 23.5 Å². The molecule has 238 valence electrons. The molecule has 2 aliphatic rings. The molecule has 2 aromatic rings. The van der Waals surface area contributed by atoms with Crippen LogP contribution >= 0.6 is 35.1 Å². The lowest BCUT2D eigenvalue weighted by Crippen LogP contribution is -2.71. The molecule has 4 rings (SSSR count). The average Bonchev–Trinajstić information content (AvgIpc) is 3.60. The van der Waals surface area contributed by atoms with Gasteiger partial charge in [0.05, 0.1) is 5.41 Å². The van der Waals surface area contributed by atoms with Crippen LogP contribution in [0.3, 0.4) is 0 Å². The number of anilines is 1. The van der Waals surface area contributed by atoms with Gasteiger partial charge in [0, 0.05) is 30.1 Å². The molecule has 18 nitrogen and oxygen atoms in total. The topological polar surface area (TPSA) is 245 Å². The van der Waals surface area contributed by atoms with Crippen LogP contribution < -0.4 is 16.8 Å². The van der Waals surface area contributed by atoms with E-state index in [0.29, 0.717) is 29.4 Å². The number of carbonyl (C=O) groups is 4. The van der Waals surface area contributed by atoms with Gasteiger partial charge in [-0.1, -0.05) is 16.9 Å². The first kappa shape index (κ1) is 33.1. The standard InChI is InChI=1S/C23H31N11O7S3/c1-23(2,3)20(38)40-10-39-19(37)14-11(9-43-22-28-31-32-33(22)4)8-42-18-13(17(36)34(14)18)26-16(35)12(29-41-7-5-6-24)15-27-21(25)44-30-15/h13,18H,5-10,24H2,1-4H3,(H,26,35)(H2,25,27,30)/b29-12+/t13?,18-/m1/s1. The van der Waals surface area contributed by atoms with Crippen LogP contribution in [0.5, 0.6) is 0 Å². The number of nitrogens with one attached hydrogen (secondary N) is 1. The van der Waals surface area contributed by atoms with Crippen molar-refractivity contribution in [2.24, 2.45) is 23.4 Å². The molecule has 0 saturated carbocycles. The first-order valence-corrected chi connectivity index (χ1v) is 15.9. The number of amides is 2. The number of aryl methyl sites for hydroxylation is 1. The summed E-state index contributed by atoms with van der Waals surface area (Å²) in [4.78, 5) is 62.6. The van der Waals surface area contributed by atoms with Crippen molar-refractivity contribution in [3.05, 3.63) is 17.1 Å². The predicted octanol–water partition coefficient (Wildman–Crippen LogP) is -0.750. The van der Waals surface area contributed by atoms with Gasteiger partial charge in [-0.05, 0) is 49.7 Å². The van der Waals surface area contributed by atoms with E-state index in [9.17, 15) is 19.2 Å². The summed E-state index contributed by atoms with van der Waals surface area (Å²) in [6, 6.07) is -1.02. The summed E-state index contributed by atoms with van der Waals surface area (Å²) in [5, 5.41) is 17.8. The number of carbonyl (C=O) groups excluding carboxylic acids is 4. The van der Waals surface area contributed by atoms with Crippen LogP contribution in [0.1, 0.15) is 33.0 Å². The number of nitrogens with zero attached hydrogens (tertiary/aromatic N) is 8. The fourth-order valence-electron chi connectivity index (χ4n) is 3.68. The number of oxime groups is 1. The SMILES string of the molecule is Cn1nnnc1SCC1=C(C(=O)OCOC(=O)C(C)(C)C)N2C(=O)C(NC(=O)/C(=N/OCCCN)c3nsc(N)n3)[C@H]2SC1. The second kappa shape index (κ2) is 14.3. The zero-order valence-corrected chi connectivity index (χ0v) is 26.7. The number of esters is 2. The van der Waals surface area contributed by atoms with Gasteiger partial charge < -0.3 is 31.1 Å². The van der Waals surface area contributed by atoms with Crippen molar-refractivity contribution in [3.63, 3.8) is 0 Å². The molecule has 1 saturated heterocycles. The molecule has 5 N–H and O–H groups in total. The number of fused-ring (bicyclic) bond motifs is 1. The Balaban J connectivity index is 1.51. The Labute approximate surface area is 263 Å². The molecular weight excluding hydrogens is 639 g/mol. The molecule has 2 aromatic heterocycles. The Bertz CT molecular complexity index is 1470. The zero-order chi connectivity index (χ0) is 32.0. The second-order valence-corrected chi connectivity index (χ2v) is 13.1. The summed E-state index contributed by atoms with van der Waals surface area (Å²) in [6.07, 6.45) is 0.494. The van der Waals surface area contributed by atoms with Crippen molar-refractivity contribution in [1.82, 2.24) is 39.8 Å². The van der Waals surface area contributed by atoms with E-state index in [4.69, 9.17) is 25.8 Å². The maximum atomic E-state index is 13.4. The molecule has 21 heteroatoms. The van der Waals surface area contributed by atoms with E-state index < -0.39 is 47.4 Å². The molecular formula is C23H31N11O7S3. The molecule has 0 aliphatic carbocycles.